The fourth-order valence-electron chi connectivity index (χ4n) is 4.55. The Morgan fingerprint density at radius 1 is 1.25 bits per heavy atom. The molecule has 0 aliphatic heterocycles. The standard InChI is InChI=1S/C19H23N3O4S2/c1-2-7-28(24,25)19-18(21-27-22-19)26-17-10-12-8-14(15(17)9-12)16(23)11-13-5-3-4-6-20-13/h3-6,12,14-15,17H,2,7-11H2,1H3. The van der Waals surface area contributed by atoms with Gasteiger partial charge in [-0.15, -0.1) is 4.37 Å². The third-order valence-electron chi connectivity index (χ3n) is 5.71. The van der Waals surface area contributed by atoms with Crippen LogP contribution in [0, 0.1) is 17.8 Å². The molecule has 9 heteroatoms. The number of fused-ring (bicyclic) bond motifs is 2. The molecular weight excluding hydrogens is 398 g/mol. The molecule has 2 aromatic heterocycles. The number of hydrogen-bond acceptors (Lipinski definition) is 8. The molecule has 150 valence electrons. The van der Waals surface area contributed by atoms with Crippen molar-refractivity contribution < 1.29 is 17.9 Å². The minimum absolute atomic E-state index is 0.0245. The molecule has 4 atom stereocenters. The summed E-state index contributed by atoms with van der Waals surface area (Å²) in [7, 11) is -3.49. The predicted octanol–water partition coefficient (Wildman–Crippen LogP) is 2.72. The van der Waals surface area contributed by atoms with Crippen molar-refractivity contribution in [2.45, 2.75) is 50.2 Å². The SMILES string of the molecule is CCCS(=O)(=O)c1nsnc1OC1CC2CC(C(=O)Cc3ccccn3)C1C2. The zero-order valence-electron chi connectivity index (χ0n) is 15.7. The van der Waals surface area contributed by atoms with Gasteiger partial charge in [-0.1, -0.05) is 13.0 Å². The van der Waals surface area contributed by atoms with Crippen LogP contribution in [0.2, 0.25) is 0 Å². The summed E-state index contributed by atoms with van der Waals surface area (Å²) in [6.45, 7) is 1.81. The molecule has 0 saturated heterocycles. The van der Waals surface area contributed by atoms with E-state index >= 15 is 0 Å². The molecule has 7 nitrogen and oxygen atoms in total. The van der Waals surface area contributed by atoms with Crippen molar-refractivity contribution in [3.8, 4) is 5.88 Å². The fourth-order valence-corrected chi connectivity index (χ4v) is 6.65. The third-order valence-corrected chi connectivity index (χ3v) is 8.14. The molecule has 2 aromatic rings. The summed E-state index contributed by atoms with van der Waals surface area (Å²) in [6.07, 6.45) is 5.01. The Balaban J connectivity index is 1.47. The maximum atomic E-state index is 12.8. The highest BCUT2D eigenvalue weighted by Gasteiger charge is 2.50. The topological polar surface area (TPSA) is 99.1 Å². The average molecular weight is 422 g/mol. The van der Waals surface area contributed by atoms with Crippen LogP contribution in [0.25, 0.3) is 0 Å². The zero-order chi connectivity index (χ0) is 19.7. The van der Waals surface area contributed by atoms with Crippen molar-refractivity contribution in [2.24, 2.45) is 17.8 Å². The fraction of sp³-hybridized carbons (Fsp3) is 0.579. The van der Waals surface area contributed by atoms with E-state index in [9.17, 15) is 13.2 Å². The van der Waals surface area contributed by atoms with Gasteiger partial charge in [-0.05, 0) is 43.7 Å². The predicted molar refractivity (Wildman–Crippen MR) is 104 cm³/mol. The second kappa shape index (κ2) is 7.87. The van der Waals surface area contributed by atoms with Crippen molar-refractivity contribution in [1.29, 1.82) is 0 Å². The Hall–Kier alpha value is -1.87. The number of carbonyl (C=O) groups is 1. The van der Waals surface area contributed by atoms with Gasteiger partial charge in [0.2, 0.25) is 14.9 Å². The molecule has 0 radical (unpaired) electrons. The quantitative estimate of drug-likeness (QED) is 0.646. The Morgan fingerprint density at radius 3 is 2.82 bits per heavy atom. The van der Waals surface area contributed by atoms with Crippen molar-refractivity contribution in [3.63, 3.8) is 0 Å². The number of ether oxygens (including phenoxy) is 1. The number of pyridine rings is 1. The van der Waals surface area contributed by atoms with Gasteiger partial charge in [-0.2, -0.15) is 4.37 Å². The highest BCUT2D eigenvalue weighted by molar-refractivity contribution is 7.91. The van der Waals surface area contributed by atoms with Gasteiger partial charge in [0.05, 0.1) is 17.5 Å². The lowest BCUT2D eigenvalue weighted by Crippen LogP contribution is -2.35. The molecule has 2 heterocycles. The Kier molecular flexibility index (Phi) is 5.46. The minimum Gasteiger partial charge on any atom is -0.471 e. The molecule has 28 heavy (non-hydrogen) atoms. The minimum atomic E-state index is -3.49. The summed E-state index contributed by atoms with van der Waals surface area (Å²) in [4.78, 5) is 17.1. The van der Waals surface area contributed by atoms with E-state index in [-0.39, 0.29) is 40.4 Å². The van der Waals surface area contributed by atoms with Crippen molar-refractivity contribution >= 4 is 27.3 Å². The smallest absolute Gasteiger partial charge is 0.265 e. The summed E-state index contributed by atoms with van der Waals surface area (Å²) in [5.41, 5.74) is 0.782. The number of ketones is 1. The number of Topliss-reactive ketones (excluding diaryl/α,β-unsaturated/α-hetero) is 1. The third kappa shape index (κ3) is 3.82. The first-order chi connectivity index (χ1) is 13.5. The van der Waals surface area contributed by atoms with Crippen LogP contribution >= 0.6 is 11.7 Å². The van der Waals surface area contributed by atoms with Crippen LogP contribution in [0.5, 0.6) is 5.88 Å². The van der Waals surface area contributed by atoms with E-state index in [0.29, 0.717) is 18.8 Å². The molecular formula is C19H23N3O4S2. The largest absolute Gasteiger partial charge is 0.471 e. The lowest BCUT2D eigenvalue weighted by Gasteiger charge is -2.28. The normalized spacial score (nSPS) is 26.5. The van der Waals surface area contributed by atoms with E-state index in [2.05, 4.69) is 13.7 Å². The van der Waals surface area contributed by atoms with Gasteiger partial charge in [0.25, 0.3) is 5.88 Å². The first-order valence-electron chi connectivity index (χ1n) is 9.62. The van der Waals surface area contributed by atoms with E-state index in [1.165, 1.54) is 0 Å². The monoisotopic (exact) mass is 421 g/mol. The molecule has 0 amide bonds. The van der Waals surface area contributed by atoms with E-state index in [0.717, 1.165) is 36.7 Å². The van der Waals surface area contributed by atoms with Crippen LogP contribution in [0.3, 0.4) is 0 Å². The molecule has 4 unspecified atom stereocenters. The summed E-state index contributed by atoms with van der Waals surface area (Å²) in [6, 6.07) is 5.59. The summed E-state index contributed by atoms with van der Waals surface area (Å²) >= 11 is 0.852. The first-order valence-corrected chi connectivity index (χ1v) is 12.0. The molecule has 4 rings (SSSR count). The van der Waals surface area contributed by atoms with Gasteiger partial charge >= 0.3 is 0 Å². The summed E-state index contributed by atoms with van der Waals surface area (Å²) < 4.78 is 38.9. The molecule has 2 saturated carbocycles. The van der Waals surface area contributed by atoms with Crippen LogP contribution in [-0.2, 0) is 21.1 Å². The van der Waals surface area contributed by atoms with Crippen LogP contribution in [-0.4, -0.2) is 39.8 Å². The van der Waals surface area contributed by atoms with Crippen LogP contribution in [0.1, 0.15) is 38.3 Å². The highest BCUT2D eigenvalue weighted by atomic mass is 32.2. The van der Waals surface area contributed by atoms with Gasteiger partial charge in [0, 0.05) is 30.1 Å². The maximum Gasteiger partial charge on any atom is 0.265 e. The maximum absolute atomic E-state index is 12.8. The molecule has 0 spiro atoms. The number of carbonyl (C=O) groups excluding carboxylic acids is 1. The number of rotatable bonds is 8. The lowest BCUT2D eigenvalue weighted by molar-refractivity contribution is -0.125. The Labute approximate surface area is 168 Å². The van der Waals surface area contributed by atoms with Gasteiger partial charge in [-0.25, -0.2) is 8.42 Å². The molecule has 0 aromatic carbocycles. The van der Waals surface area contributed by atoms with Crippen molar-refractivity contribution in [1.82, 2.24) is 13.7 Å². The molecule has 2 aliphatic rings. The molecule has 2 bridgehead atoms. The van der Waals surface area contributed by atoms with Gasteiger partial charge in [0.1, 0.15) is 11.9 Å². The first kappa shape index (κ1) is 19.4. The number of aromatic nitrogens is 3. The highest BCUT2D eigenvalue weighted by Crippen LogP contribution is 2.50. The summed E-state index contributed by atoms with van der Waals surface area (Å²) in [5, 5.41) is -0.0570. The molecule has 2 fully saturated rings. The Morgan fingerprint density at radius 2 is 2.11 bits per heavy atom. The average Bonchev–Trinajstić information content (AvgIpc) is 3.38. The number of nitrogens with zero attached hydrogens (tertiary/aromatic N) is 3. The summed E-state index contributed by atoms with van der Waals surface area (Å²) in [5.74, 6) is 0.797. The van der Waals surface area contributed by atoms with Crippen LogP contribution in [0.4, 0.5) is 0 Å². The second-order valence-corrected chi connectivity index (χ2v) is 10.2. The van der Waals surface area contributed by atoms with E-state index in [4.69, 9.17) is 4.74 Å². The van der Waals surface area contributed by atoms with Gasteiger partial charge < -0.3 is 4.74 Å². The van der Waals surface area contributed by atoms with E-state index in [1.54, 1.807) is 6.20 Å². The number of sulfone groups is 1. The lowest BCUT2D eigenvalue weighted by atomic mass is 9.82. The number of hydrogen-bond donors (Lipinski definition) is 0. The van der Waals surface area contributed by atoms with Crippen LogP contribution < -0.4 is 4.74 Å². The van der Waals surface area contributed by atoms with Crippen molar-refractivity contribution in [2.75, 3.05) is 5.75 Å². The van der Waals surface area contributed by atoms with Gasteiger partial charge in [-0.3, -0.25) is 9.78 Å². The second-order valence-electron chi connectivity index (χ2n) is 7.66. The van der Waals surface area contributed by atoms with E-state index < -0.39 is 9.84 Å². The zero-order valence-corrected chi connectivity index (χ0v) is 17.3. The molecule has 0 N–H and O–H groups in total. The Bertz CT molecular complexity index is 945. The van der Waals surface area contributed by atoms with Crippen molar-refractivity contribution in [3.05, 3.63) is 30.1 Å². The molecule has 2 aliphatic carbocycles. The van der Waals surface area contributed by atoms with Crippen LogP contribution in [0.15, 0.2) is 29.4 Å². The van der Waals surface area contributed by atoms with Gasteiger partial charge in [0.15, 0.2) is 0 Å². The van der Waals surface area contributed by atoms with E-state index in [1.807, 2.05) is 25.1 Å².